The molecule has 1 heterocycles. The summed E-state index contributed by atoms with van der Waals surface area (Å²) in [4.78, 5) is 16.3. The second kappa shape index (κ2) is 9.71. The van der Waals surface area contributed by atoms with E-state index in [0.717, 1.165) is 22.4 Å². The van der Waals surface area contributed by atoms with E-state index in [1.807, 2.05) is 89.8 Å². The van der Waals surface area contributed by atoms with Gasteiger partial charge in [-0.05, 0) is 24.3 Å². The minimum absolute atomic E-state index is 0.581. The molecule has 0 N–H and O–H groups in total. The van der Waals surface area contributed by atoms with E-state index in [9.17, 15) is 0 Å². The van der Waals surface area contributed by atoms with Crippen LogP contribution < -0.4 is 4.90 Å². The Bertz CT molecular complexity index is 1250. The van der Waals surface area contributed by atoms with Gasteiger partial charge in [0.2, 0.25) is 0 Å². The zero-order valence-corrected chi connectivity index (χ0v) is 18.4. The monoisotopic (exact) mass is 428 g/mol. The van der Waals surface area contributed by atoms with Gasteiger partial charge >= 0.3 is 0 Å². The molecule has 33 heavy (non-hydrogen) atoms. The van der Waals surface area contributed by atoms with Gasteiger partial charge in [-0.3, -0.25) is 0 Å². The fourth-order valence-electron chi connectivity index (χ4n) is 3.42. The standard InChI is InChI=1S/C29H24N4/c1-5-21(3)33(22(4)6-2)26-19-13-18-25(20-26)29-31-27(23-14-9-7-10-15-23)30-28(32-29)24-16-11-8-12-17-24/h5-20H,1-4H2. The second-order valence-corrected chi connectivity index (χ2v) is 7.31. The number of hydrogen-bond donors (Lipinski definition) is 0. The van der Waals surface area contributed by atoms with Crippen molar-refractivity contribution in [2.45, 2.75) is 0 Å². The molecule has 4 nitrogen and oxygen atoms in total. The molecule has 0 fully saturated rings. The van der Waals surface area contributed by atoms with Crippen LogP contribution in [0.15, 0.2) is 135 Å². The van der Waals surface area contributed by atoms with E-state index in [2.05, 4.69) is 26.3 Å². The highest BCUT2D eigenvalue weighted by Gasteiger charge is 2.15. The van der Waals surface area contributed by atoms with Gasteiger partial charge in [0.25, 0.3) is 0 Å². The van der Waals surface area contributed by atoms with Crippen LogP contribution in [0.2, 0.25) is 0 Å². The molecule has 4 aromatic rings. The fraction of sp³-hybridized carbons (Fsp3) is 0. The molecule has 160 valence electrons. The molecule has 0 aliphatic carbocycles. The molecule has 0 radical (unpaired) electrons. The van der Waals surface area contributed by atoms with Crippen LogP contribution in [-0.4, -0.2) is 15.0 Å². The summed E-state index contributed by atoms with van der Waals surface area (Å²) in [7, 11) is 0. The fourth-order valence-corrected chi connectivity index (χ4v) is 3.42. The van der Waals surface area contributed by atoms with Crippen LogP contribution in [0, 0.1) is 0 Å². The van der Waals surface area contributed by atoms with Crippen LogP contribution in [-0.2, 0) is 0 Å². The maximum absolute atomic E-state index is 4.80. The van der Waals surface area contributed by atoms with Crippen molar-refractivity contribution in [3.05, 3.63) is 135 Å². The van der Waals surface area contributed by atoms with Gasteiger partial charge in [0.05, 0.1) is 0 Å². The van der Waals surface area contributed by atoms with Crippen molar-refractivity contribution in [3.63, 3.8) is 0 Å². The smallest absolute Gasteiger partial charge is 0.164 e. The lowest BCUT2D eigenvalue weighted by molar-refractivity contribution is 1.07. The Labute approximate surface area is 194 Å². The highest BCUT2D eigenvalue weighted by atomic mass is 15.1. The Morgan fingerprint density at radius 2 is 1.00 bits per heavy atom. The Hall–Kier alpha value is -4.57. The Balaban J connectivity index is 1.87. The lowest BCUT2D eigenvalue weighted by atomic mass is 10.1. The molecule has 0 spiro atoms. The zero-order chi connectivity index (χ0) is 23.2. The van der Waals surface area contributed by atoms with E-state index in [1.165, 1.54) is 0 Å². The number of nitrogens with zero attached hydrogens (tertiary/aromatic N) is 4. The van der Waals surface area contributed by atoms with E-state index in [-0.39, 0.29) is 0 Å². The molecule has 1 aromatic heterocycles. The molecule has 4 heteroatoms. The van der Waals surface area contributed by atoms with Crippen LogP contribution in [0.1, 0.15) is 0 Å². The van der Waals surface area contributed by atoms with Crippen LogP contribution in [0.4, 0.5) is 5.69 Å². The van der Waals surface area contributed by atoms with E-state index in [0.29, 0.717) is 28.9 Å². The van der Waals surface area contributed by atoms with Crippen molar-refractivity contribution in [3.8, 4) is 34.2 Å². The summed E-state index contributed by atoms with van der Waals surface area (Å²) in [6.07, 6.45) is 3.37. The minimum Gasteiger partial charge on any atom is -0.312 e. The molecule has 0 aliphatic rings. The molecule has 0 bridgehead atoms. The van der Waals surface area contributed by atoms with E-state index in [4.69, 9.17) is 15.0 Å². The summed E-state index contributed by atoms with van der Waals surface area (Å²) in [5.74, 6) is 1.82. The number of aromatic nitrogens is 3. The van der Waals surface area contributed by atoms with Crippen molar-refractivity contribution >= 4 is 5.69 Å². The largest absolute Gasteiger partial charge is 0.312 e. The average Bonchev–Trinajstić information content (AvgIpc) is 2.89. The molecule has 0 saturated heterocycles. The van der Waals surface area contributed by atoms with Crippen molar-refractivity contribution in [2.75, 3.05) is 4.90 Å². The van der Waals surface area contributed by atoms with Gasteiger partial charge in [-0.15, -0.1) is 0 Å². The molecule has 3 aromatic carbocycles. The maximum Gasteiger partial charge on any atom is 0.164 e. The van der Waals surface area contributed by atoms with Crippen LogP contribution in [0.3, 0.4) is 0 Å². The molecule has 4 rings (SSSR count). The van der Waals surface area contributed by atoms with Crippen LogP contribution in [0.25, 0.3) is 34.2 Å². The Kier molecular flexibility index (Phi) is 6.37. The van der Waals surface area contributed by atoms with Crippen molar-refractivity contribution in [1.82, 2.24) is 15.0 Å². The van der Waals surface area contributed by atoms with Gasteiger partial charge in [0.1, 0.15) is 0 Å². The van der Waals surface area contributed by atoms with Gasteiger partial charge < -0.3 is 4.90 Å². The van der Waals surface area contributed by atoms with E-state index < -0.39 is 0 Å². The third-order valence-electron chi connectivity index (χ3n) is 5.11. The third-order valence-corrected chi connectivity index (χ3v) is 5.11. The lowest BCUT2D eigenvalue weighted by Gasteiger charge is -2.25. The Morgan fingerprint density at radius 1 is 0.576 bits per heavy atom. The first kappa shape index (κ1) is 21.7. The maximum atomic E-state index is 4.80. The molecular weight excluding hydrogens is 404 g/mol. The second-order valence-electron chi connectivity index (χ2n) is 7.31. The van der Waals surface area contributed by atoms with Gasteiger partial charge in [-0.1, -0.05) is 99.1 Å². The first-order valence-corrected chi connectivity index (χ1v) is 10.5. The molecule has 0 saturated carbocycles. The van der Waals surface area contributed by atoms with E-state index >= 15 is 0 Å². The quantitative estimate of drug-likeness (QED) is 0.281. The van der Waals surface area contributed by atoms with Gasteiger partial charge in [0, 0.05) is 33.8 Å². The van der Waals surface area contributed by atoms with Crippen molar-refractivity contribution < 1.29 is 0 Å². The molecule has 0 atom stereocenters. The topological polar surface area (TPSA) is 41.9 Å². The zero-order valence-electron chi connectivity index (χ0n) is 18.4. The number of hydrogen-bond acceptors (Lipinski definition) is 4. The highest BCUT2D eigenvalue weighted by molar-refractivity contribution is 5.71. The van der Waals surface area contributed by atoms with Gasteiger partial charge in [-0.25, -0.2) is 15.0 Å². The summed E-state index contributed by atoms with van der Waals surface area (Å²) in [6.45, 7) is 15.9. The van der Waals surface area contributed by atoms with Crippen molar-refractivity contribution in [2.24, 2.45) is 0 Å². The van der Waals surface area contributed by atoms with Crippen LogP contribution in [0.5, 0.6) is 0 Å². The number of allylic oxidation sites excluding steroid dienone is 2. The van der Waals surface area contributed by atoms with Crippen molar-refractivity contribution in [1.29, 1.82) is 0 Å². The van der Waals surface area contributed by atoms with Gasteiger partial charge in [-0.2, -0.15) is 0 Å². The van der Waals surface area contributed by atoms with E-state index in [1.54, 1.807) is 12.2 Å². The van der Waals surface area contributed by atoms with Gasteiger partial charge in [0.15, 0.2) is 17.5 Å². The summed E-state index contributed by atoms with van der Waals surface area (Å²) < 4.78 is 0. The number of rotatable bonds is 8. The summed E-state index contributed by atoms with van der Waals surface area (Å²) >= 11 is 0. The summed E-state index contributed by atoms with van der Waals surface area (Å²) in [5, 5.41) is 0. The first-order chi connectivity index (χ1) is 16.1. The minimum atomic E-state index is 0.581. The first-order valence-electron chi connectivity index (χ1n) is 10.5. The Morgan fingerprint density at radius 3 is 1.45 bits per heavy atom. The number of benzene rings is 3. The predicted molar refractivity (Wildman–Crippen MR) is 137 cm³/mol. The third kappa shape index (κ3) is 4.70. The highest BCUT2D eigenvalue weighted by Crippen LogP contribution is 2.30. The lowest BCUT2D eigenvalue weighted by Crippen LogP contribution is -2.18. The summed E-state index contributed by atoms with van der Waals surface area (Å²) in [6, 6.07) is 27.7. The van der Waals surface area contributed by atoms with Crippen LogP contribution >= 0.6 is 0 Å². The molecule has 0 amide bonds. The average molecular weight is 429 g/mol. The normalized spacial score (nSPS) is 10.3. The number of anilines is 1. The SMILES string of the molecule is C=CC(=C)N(C(=C)C=C)c1cccc(-c2nc(-c3ccccc3)nc(-c3ccccc3)n2)c1. The molecule has 0 aliphatic heterocycles. The predicted octanol–water partition coefficient (Wildman–Crippen LogP) is 7.08. The summed E-state index contributed by atoms with van der Waals surface area (Å²) in [5.41, 5.74) is 4.96. The molecular formula is C29H24N4. The molecule has 0 unspecified atom stereocenters.